The third-order valence-electron chi connectivity index (χ3n) is 3.92. The molecule has 1 fully saturated rings. The first-order chi connectivity index (χ1) is 14.3. The molecule has 0 bridgehead atoms. The minimum Gasteiger partial charge on any atom is -0.490 e. The maximum atomic E-state index is 13.0. The fourth-order valence-electron chi connectivity index (χ4n) is 2.71. The zero-order valence-corrected chi connectivity index (χ0v) is 19.7. The van der Waals surface area contributed by atoms with Crippen LogP contribution in [0.1, 0.15) is 12.5 Å². The molecule has 0 aromatic heterocycles. The highest BCUT2D eigenvalue weighted by molar-refractivity contribution is 8.27. The molecule has 0 atom stereocenters. The summed E-state index contributed by atoms with van der Waals surface area (Å²) in [5.74, 6) is 0.626. The van der Waals surface area contributed by atoms with Gasteiger partial charge in [-0.25, -0.2) is 0 Å². The SMILES string of the molecule is C=CCOc1c(Cl)cc(/C=C2\SC(=S)N(c3ccc(Cl)cc3Cl)C2=O)cc1OCC. The Morgan fingerprint density at radius 1 is 1.17 bits per heavy atom. The second kappa shape index (κ2) is 10.1. The summed E-state index contributed by atoms with van der Waals surface area (Å²) in [6.07, 6.45) is 3.32. The molecule has 1 aliphatic heterocycles. The first-order valence-corrected chi connectivity index (χ1v) is 11.1. The zero-order chi connectivity index (χ0) is 21.8. The number of benzene rings is 2. The molecule has 0 aliphatic carbocycles. The van der Waals surface area contributed by atoms with Crippen LogP contribution in [0.2, 0.25) is 15.1 Å². The van der Waals surface area contributed by atoms with Crippen LogP contribution >= 0.6 is 58.8 Å². The van der Waals surface area contributed by atoms with Gasteiger partial charge in [-0.3, -0.25) is 9.69 Å². The Bertz CT molecular complexity index is 1060. The van der Waals surface area contributed by atoms with E-state index in [0.29, 0.717) is 60.3 Å². The fraction of sp³-hybridized carbons (Fsp3) is 0.143. The number of hydrogen-bond donors (Lipinski definition) is 0. The van der Waals surface area contributed by atoms with Gasteiger partial charge in [-0.15, -0.1) is 0 Å². The van der Waals surface area contributed by atoms with E-state index in [9.17, 15) is 4.79 Å². The van der Waals surface area contributed by atoms with Crippen molar-refractivity contribution in [2.24, 2.45) is 0 Å². The van der Waals surface area contributed by atoms with Crippen LogP contribution < -0.4 is 14.4 Å². The highest BCUT2D eigenvalue weighted by Crippen LogP contribution is 2.41. The predicted molar refractivity (Wildman–Crippen MR) is 130 cm³/mol. The molecule has 1 aliphatic rings. The molecule has 30 heavy (non-hydrogen) atoms. The van der Waals surface area contributed by atoms with Crippen LogP contribution in [0.15, 0.2) is 47.9 Å². The minimum atomic E-state index is -0.282. The Labute approximate surface area is 199 Å². The monoisotopic (exact) mass is 499 g/mol. The largest absolute Gasteiger partial charge is 0.490 e. The molecule has 9 heteroatoms. The number of hydrogen-bond acceptors (Lipinski definition) is 5. The molecule has 1 heterocycles. The van der Waals surface area contributed by atoms with E-state index in [4.69, 9.17) is 56.5 Å². The zero-order valence-electron chi connectivity index (χ0n) is 15.8. The Balaban J connectivity index is 1.96. The minimum absolute atomic E-state index is 0.282. The Morgan fingerprint density at radius 3 is 2.60 bits per heavy atom. The number of amides is 1. The maximum absolute atomic E-state index is 13.0. The van der Waals surface area contributed by atoms with E-state index in [0.717, 1.165) is 0 Å². The van der Waals surface area contributed by atoms with Crippen LogP contribution in [0.4, 0.5) is 5.69 Å². The topological polar surface area (TPSA) is 38.8 Å². The summed E-state index contributed by atoms with van der Waals surface area (Å²) in [5, 5.41) is 1.18. The van der Waals surface area contributed by atoms with Crippen molar-refractivity contribution in [1.82, 2.24) is 0 Å². The van der Waals surface area contributed by atoms with Crippen molar-refractivity contribution in [3.05, 3.63) is 68.5 Å². The lowest BCUT2D eigenvalue weighted by molar-refractivity contribution is -0.113. The van der Waals surface area contributed by atoms with Crippen molar-refractivity contribution in [3.63, 3.8) is 0 Å². The highest BCUT2D eigenvalue weighted by atomic mass is 35.5. The first kappa shape index (κ1) is 23.0. The van der Waals surface area contributed by atoms with E-state index in [1.165, 1.54) is 16.7 Å². The molecule has 1 saturated heterocycles. The number of thioether (sulfide) groups is 1. The van der Waals surface area contributed by atoms with Crippen molar-refractivity contribution >= 4 is 80.8 Å². The molecule has 1 amide bonds. The number of nitrogens with zero attached hydrogens (tertiary/aromatic N) is 1. The van der Waals surface area contributed by atoms with E-state index in [1.54, 1.807) is 42.5 Å². The lowest BCUT2D eigenvalue weighted by Gasteiger charge is -2.16. The summed E-state index contributed by atoms with van der Waals surface area (Å²) in [7, 11) is 0. The molecule has 0 unspecified atom stereocenters. The maximum Gasteiger partial charge on any atom is 0.270 e. The highest BCUT2D eigenvalue weighted by Gasteiger charge is 2.34. The lowest BCUT2D eigenvalue weighted by Crippen LogP contribution is -2.27. The normalized spacial score (nSPS) is 15.1. The molecule has 0 spiro atoms. The molecule has 0 N–H and O–H groups in total. The molecule has 4 nitrogen and oxygen atoms in total. The van der Waals surface area contributed by atoms with Gasteiger partial charge in [-0.1, -0.05) is 71.4 Å². The van der Waals surface area contributed by atoms with E-state index in [2.05, 4.69) is 6.58 Å². The number of carbonyl (C=O) groups excluding carboxylic acids is 1. The van der Waals surface area contributed by atoms with Gasteiger partial charge in [0.2, 0.25) is 0 Å². The number of rotatable bonds is 7. The molecule has 2 aromatic rings. The second-order valence-corrected chi connectivity index (χ2v) is 8.90. The van der Waals surface area contributed by atoms with E-state index in [1.807, 2.05) is 6.92 Å². The van der Waals surface area contributed by atoms with Crippen molar-refractivity contribution in [1.29, 1.82) is 0 Å². The van der Waals surface area contributed by atoms with Crippen LogP contribution in [-0.4, -0.2) is 23.4 Å². The summed E-state index contributed by atoms with van der Waals surface area (Å²) >= 11 is 25.2. The standard InChI is InChI=1S/C21H16Cl3NO3S2/c1-3-7-28-19-15(24)8-12(9-17(19)27-4-2)10-18-20(26)25(21(29)30-18)16-6-5-13(22)11-14(16)23/h3,5-6,8-11H,1,4,7H2,2H3/b18-10-. The van der Waals surface area contributed by atoms with Crippen molar-refractivity contribution in [2.45, 2.75) is 6.92 Å². The molecule has 0 radical (unpaired) electrons. The number of anilines is 1. The van der Waals surface area contributed by atoms with Crippen LogP contribution in [0.25, 0.3) is 6.08 Å². The van der Waals surface area contributed by atoms with Gasteiger partial charge in [-0.05, 0) is 48.9 Å². The lowest BCUT2D eigenvalue weighted by atomic mass is 10.1. The van der Waals surface area contributed by atoms with Gasteiger partial charge in [0.1, 0.15) is 6.61 Å². The van der Waals surface area contributed by atoms with Crippen LogP contribution in [0.5, 0.6) is 11.5 Å². The van der Waals surface area contributed by atoms with Crippen molar-refractivity contribution in [3.8, 4) is 11.5 Å². The summed E-state index contributed by atoms with van der Waals surface area (Å²) < 4.78 is 11.6. The molecular formula is C21H16Cl3NO3S2. The van der Waals surface area contributed by atoms with E-state index in [-0.39, 0.29) is 5.91 Å². The predicted octanol–water partition coefficient (Wildman–Crippen LogP) is 7.02. The van der Waals surface area contributed by atoms with Gasteiger partial charge >= 0.3 is 0 Å². The Hall–Kier alpha value is -1.70. The number of ether oxygens (including phenoxy) is 2. The Kier molecular flexibility index (Phi) is 7.71. The van der Waals surface area contributed by atoms with Gasteiger partial charge in [0, 0.05) is 5.02 Å². The fourth-order valence-corrected chi connectivity index (χ4v) is 4.76. The van der Waals surface area contributed by atoms with Gasteiger partial charge in [0.25, 0.3) is 5.91 Å². The quantitative estimate of drug-likeness (QED) is 0.232. The number of carbonyl (C=O) groups is 1. The smallest absolute Gasteiger partial charge is 0.270 e. The van der Waals surface area contributed by atoms with Crippen LogP contribution in [0, 0.1) is 0 Å². The van der Waals surface area contributed by atoms with Gasteiger partial charge in [0.15, 0.2) is 15.8 Å². The van der Waals surface area contributed by atoms with Crippen LogP contribution in [0.3, 0.4) is 0 Å². The van der Waals surface area contributed by atoms with Gasteiger partial charge in [-0.2, -0.15) is 0 Å². The third-order valence-corrected chi connectivity index (χ3v) is 6.04. The summed E-state index contributed by atoms with van der Waals surface area (Å²) in [6, 6.07) is 8.34. The molecule has 3 rings (SSSR count). The number of thiocarbonyl (C=S) groups is 1. The molecule has 156 valence electrons. The van der Waals surface area contributed by atoms with Crippen LogP contribution in [-0.2, 0) is 4.79 Å². The molecule has 0 saturated carbocycles. The molecular weight excluding hydrogens is 485 g/mol. The van der Waals surface area contributed by atoms with Crippen molar-refractivity contribution < 1.29 is 14.3 Å². The summed E-state index contributed by atoms with van der Waals surface area (Å²) in [5.41, 5.74) is 1.16. The Morgan fingerprint density at radius 2 is 1.93 bits per heavy atom. The van der Waals surface area contributed by atoms with E-state index < -0.39 is 0 Å². The summed E-state index contributed by atoms with van der Waals surface area (Å²) in [6.45, 7) is 6.22. The van der Waals surface area contributed by atoms with Gasteiger partial charge in [0.05, 0.1) is 27.2 Å². The van der Waals surface area contributed by atoms with Crippen molar-refractivity contribution in [2.75, 3.05) is 18.1 Å². The second-order valence-electron chi connectivity index (χ2n) is 5.98. The average molecular weight is 501 g/mol. The summed E-state index contributed by atoms with van der Waals surface area (Å²) in [4.78, 5) is 14.8. The first-order valence-electron chi connectivity index (χ1n) is 8.78. The van der Waals surface area contributed by atoms with Gasteiger partial charge < -0.3 is 9.47 Å². The van der Waals surface area contributed by atoms with E-state index >= 15 is 0 Å². The molecule has 2 aromatic carbocycles. The average Bonchev–Trinajstić information content (AvgIpc) is 2.95. The number of halogens is 3. The third kappa shape index (κ3) is 4.95.